The van der Waals surface area contributed by atoms with Crippen LogP contribution < -0.4 is 5.32 Å². The number of esters is 1. The van der Waals surface area contributed by atoms with Crippen LogP contribution in [0.25, 0.3) is 0 Å². The monoisotopic (exact) mass is 327 g/mol. The largest absolute Gasteiger partial charge is 0.464 e. The maximum atomic E-state index is 12.2. The van der Waals surface area contributed by atoms with Gasteiger partial charge in [-0.1, -0.05) is 0 Å². The van der Waals surface area contributed by atoms with Crippen LogP contribution in [0.2, 0.25) is 0 Å². The number of carbonyl (C=O) groups is 2. The Morgan fingerprint density at radius 1 is 1.04 bits per heavy atom. The number of hydrogen-bond acceptors (Lipinski definition) is 5. The van der Waals surface area contributed by atoms with Crippen LogP contribution in [0.4, 0.5) is 0 Å². The summed E-state index contributed by atoms with van der Waals surface area (Å²) in [5.41, 5.74) is 1.94. The van der Waals surface area contributed by atoms with E-state index in [-0.39, 0.29) is 12.5 Å². The lowest BCUT2D eigenvalue weighted by Gasteiger charge is -2.17. The molecule has 2 rings (SSSR count). The van der Waals surface area contributed by atoms with Gasteiger partial charge in [-0.05, 0) is 48.7 Å². The highest BCUT2D eigenvalue weighted by Gasteiger charge is 2.22. The lowest BCUT2D eigenvalue weighted by Crippen LogP contribution is -2.43. The van der Waals surface area contributed by atoms with E-state index < -0.39 is 12.0 Å². The molecule has 24 heavy (non-hydrogen) atoms. The predicted molar refractivity (Wildman–Crippen MR) is 89.1 cm³/mol. The number of carbonyl (C=O) groups excluding carboxylic acids is 2. The van der Waals surface area contributed by atoms with Gasteiger partial charge in [-0.15, -0.1) is 0 Å². The fraction of sp³-hybridized carbons (Fsp3) is 0.333. The van der Waals surface area contributed by atoms with Crippen LogP contribution in [0.15, 0.2) is 49.1 Å². The molecule has 0 saturated heterocycles. The van der Waals surface area contributed by atoms with E-state index in [2.05, 4.69) is 15.3 Å². The van der Waals surface area contributed by atoms with Crippen LogP contribution in [0.1, 0.15) is 24.5 Å². The Morgan fingerprint density at radius 3 is 2.21 bits per heavy atom. The highest BCUT2D eigenvalue weighted by molar-refractivity contribution is 5.84. The van der Waals surface area contributed by atoms with Crippen molar-refractivity contribution in [3.05, 3.63) is 60.2 Å². The first-order valence-electron chi connectivity index (χ1n) is 7.93. The molecule has 6 nitrogen and oxygen atoms in total. The predicted octanol–water partition coefficient (Wildman–Crippen LogP) is 1.70. The Morgan fingerprint density at radius 2 is 1.62 bits per heavy atom. The van der Waals surface area contributed by atoms with Crippen LogP contribution >= 0.6 is 0 Å². The molecule has 1 unspecified atom stereocenters. The third-order valence-electron chi connectivity index (χ3n) is 3.49. The van der Waals surface area contributed by atoms with Gasteiger partial charge in [0.1, 0.15) is 6.04 Å². The summed E-state index contributed by atoms with van der Waals surface area (Å²) < 4.78 is 5.06. The second-order valence-electron chi connectivity index (χ2n) is 5.29. The summed E-state index contributed by atoms with van der Waals surface area (Å²) in [6.07, 6.45) is 7.97. The average Bonchev–Trinajstić information content (AvgIpc) is 2.61. The number of nitrogens with one attached hydrogen (secondary N) is 1. The lowest BCUT2D eigenvalue weighted by molar-refractivity contribution is -0.147. The van der Waals surface area contributed by atoms with E-state index in [9.17, 15) is 9.59 Å². The molecule has 6 heteroatoms. The zero-order valence-electron chi connectivity index (χ0n) is 13.6. The van der Waals surface area contributed by atoms with Gasteiger partial charge in [-0.25, -0.2) is 4.79 Å². The van der Waals surface area contributed by atoms with Crippen molar-refractivity contribution in [2.45, 2.75) is 32.2 Å². The van der Waals surface area contributed by atoms with Crippen molar-refractivity contribution >= 4 is 11.9 Å². The van der Waals surface area contributed by atoms with Crippen molar-refractivity contribution < 1.29 is 14.3 Å². The number of aryl methyl sites for hydroxylation is 1. The Balaban J connectivity index is 1.93. The van der Waals surface area contributed by atoms with E-state index in [1.165, 1.54) is 0 Å². The van der Waals surface area contributed by atoms with E-state index in [4.69, 9.17) is 4.74 Å². The molecule has 0 bridgehead atoms. The minimum Gasteiger partial charge on any atom is -0.464 e. The van der Waals surface area contributed by atoms with Crippen molar-refractivity contribution in [2.75, 3.05) is 6.61 Å². The molecule has 0 fully saturated rings. The van der Waals surface area contributed by atoms with E-state index in [0.717, 1.165) is 11.1 Å². The first kappa shape index (κ1) is 17.6. The van der Waals surface area contributed by atoms with Crippen LogP contribution in [0, 0.1) is 0 Å². The summed E-state index contributed by atoms with van der Waals surface area (Å²) in [5, 5.41) is 2.77. The quantitative estimate of drug-likeness (QED) is 0.746. The van der Waals surface area contributed by atoms with E-state index in [1.807, 2.05) is 24.3 Å². The topological polar surface area (TPSA) is 81.2 Å². The van der Waals surface area contributed by atoms with Crippen molar-refractivity contribution in [2.24, 2.45) is 0 Å². The van der Waals surface area contributed by atoms with E-state index in [1.54, 1.807) is 31.7 Å². The number of amides is 1. The van der Waals surface area contributed by atoms with Crippen LogP contribution in [-0.2, 0) is 27.2 Å². The van der Waals surface area contributed by atoms with Crippen molar-refractivity contribution in [1.29, 1.82) is 0 Å². The number of rotatable bonds is 8. The molecule has 126 valence electrons. The SMILES string of the molecule is CCOC(=O)C(Cc1ccncc1)NC(=O)CCc1ccncc1. The van der Waals surface area contributed by atoms with Crippen molar-refractivity contribution in [1.82, 2.24) is 15.3 Å². The first-order chi connectivity index (χ1) is 11.7. The molecule has 0 aliphatic rings. The Labute approximate surface area is 141 Å². The summed E-state index contributed by atoms with van der Waals surface area (Å²) in [7, 11) is 0. The van der Waals surface area contributed by atoms with Gasteiger partial charge in [0.05, 0.1) is 6.61 Å². The van der Waals surface area contributed by atoms with Crippen molar-refractivity contribution in [3.8, 4) is 0 Å². The Bertz CT molecular complexity index is 647. The smallest absolute Gasteiger partial charge is 0.328 e. The molecule has 0 aromatic carbocycles. The summed E-state index contributed by atoms with van der Waals surface area (Å²) in [6.45, 7) is 2.02. The van der Waals surface area contributed by atoms with Crippen LogP contribution in [-0.4, -0.2) is 34.5 Å². The molecular formula is C18H21N3O3. The lowest BCUT2D eigenvalue weighted by atomic mass is 10.1. The fourth-order valence-corrected chi connectivity index (χ4v) is 2.26. The number of nitrogens with zero attached hydrogens (tertiary/aromatic N) is 2. The second-order valence-corrected chi connectivity index (χ2v) is 5.29. The maximum absolute atomic E-state index is 12.2. The molecule has 1 N–H and O–H groups in total. The second kappa shape index (κ2) is 9.39. The van der Waals surface area contributed by atoms with Gasteiger partial charge in [-0.2, -0.15) is 0 Å². The molecule has 0 aliphatic heterocycles. The first-order valence-corrected chi connectivity index (χ1v) is 7.93. The molecule has 2 heterocycles. The van der Waals surface area contributed by atoms with Gasteiger partial charge in [0, 0.05) is 37.6 Å². The highest BCUT2D eigenvalue weighted by atomic mass is 16.5. The number of ether oxygens (including phenoxy) is 1. The molecule has 2 aromatic heterocycles. The van der Waals surface area contributed by atoms with Crippen molar-refractivity contribution in [3.63, 3.8) is 0 Å². The fourth-order valence-electron chi connectivity index (χ4n) is 2.26. The van der Waals surface area contributed by atoms with Crippen LogP contribution in [0.3, 0.4) is 0 Å². The van der Waals surface area contributed by atoms with E-state index in [0.29, 0.717) is 19.3 Å². The Hall–Kier alpha value is -2.76. The molecule has 2 aromatic rings. The number of aromatic nitrogens is 2. The summed E-state index contributed by atoms with van der Waals surface area (Å²) in [4.78, 5) is 32.2. The minimum absolute atomic E-state index is 0.182. The molecule has 1 atom stereocenters. The molecular weight excluding hydrogens is 306 g/mol. The van der Waals surface area contributed by atoms with Gasteiger partial charge in [-0.3, -0.25) is 14.8 Å². The van der Waals surface area contributed by atoms with Gasteiger partial charge in [0.15, 0.2) is 0 Å². The number of pyridine rings is 2. The van der Waals surface area contributed by atoms with Gasteiger partial charge in [0.2, 0.25) is 5.91 Å². The Kier molecular flexibility index (Phi) is 6.89. The normalized spacial score (nSPS) is 11.5. The third-order valence-corrected chi connectivity index (χ3v) is 3.49. The molecule has 0 radical (unpaired) electrons. The van der Waals surface area contributed by atoms with E-state index >= 15 is 0 Å². The molecule has 1 amide bonds. The standard InChI is InChI=1S/C18H21N3O3/c1-2-24-18(23)16(13-15-7-11-20-12-8-15)21-17(22)4-3-14-5-9-19-10-6-14/h5-12,16H,2-4,13H2,1H3,(H,21,22). The molecule has 0 spiro atoms. The number of hydrogen-bond donors (Lipinski definition) is 1. The molecule has 0 saturated carbocycles. The van der Waals surface area contributed by atoms with Crippen LogP contribution in [0.5, 0.6) is 0 Å². The zero-order chi connectivity index (χ0) is 17.2. The highest BCUT2D eigenvalue weighted by Crippen LogP contribution is 2.06. The van der Waals surface area contributed by atoms with Gasteiger partial charge in [0.25, 0.3) is 0 Å². The molecule has 0 aliphatic carbocycles. The summed E-state index contributed by atoms with van der Waals surface area (Å²) >= 11 is 0. The third kappa shape index (κ3) is 5.79. The minimum atomic E-state index is -0.697. The average molecular weight is 327 g/mol. The van der Waals surface area contributed by atoms with Gasteiger partial charge < -0.3 is 10.1 Å². The summed E-state index contributed by atoms with van der Waals surface area (Å²) in [5.74, 6) is -0.606. The summed E-state index contributed by atoms with van der Waals surface area (Å²) in [6, 6.07) is 6.67. The van der Waals surface area contributed by atoms with Gasteiger partial charge >= 0.3 is 5.97 Å². The zero-order valence-corrected chi connectivity index (χ0v) is 13.6. The maximum Gasteiger partial charge on any atom is 0.328 e.